The predicted molar refractivity (Wildman–Crippen MR) is 106 cm³/mol. The molecule has 140 valence electrons. The molecule has 1 aromatic heterocycles. The van der Waals surface area contributed by atoms with Crippen LogP contribution in [0.3, 0.4) is 0 Å². The summed E-state index contributed by atoms with van der Waals surface area (Å²) in [6.07, 6.45) is 1.77. The second-order valence-electron chi connectivity index (χ2n) is 7.60. The Balaban J connectivity index is 1.53. The monoisotopic (exact) mass is 355 g/mol. The summed E-state index contributed by atoms with van der Waals surface area (Å²) in [4.78, 5) is 11.2. The maximum Gasteiger partial charge on any atom is 0.224 e. The van der Waals surface area contributed by atoms with E-state index in [0.717, 1.165) is 50.9 Å². The Morgan fingerprint density at radius 2 is 1.81 bits per heavy atom. The summed E-state index contributed by atoms with van der Waals surface area (Å²) in [6, 6.07) is 10.4. The molecule has 2 N–H and O–H groups in total. The number of nitrogens with zero attached hydrogens (tertiary/aromatic N) is 3. The van der Waals surface area contributed by atoms with Gasteiger partial charge in [-0.2, -0.15) is 4.98 Å². The number of nitrogens with one attached hydrogen (secondary N) is 2. The Labute approximate surface area is 156 Å². The van der Waals surface area contributed by atoms with E-state index in [-0.39, 0.29) is 5.41 Å². The van der Waals surface area contributed by atoms with Crippen molar-refractivity contribution in [3.05, 3.63) is 42.1 Å². The summed E-state index contributed by atoms with van der Waals surface area (Å²) >= 11 is 0. The van der Waals surface area contributed by atoms with Crippen molar-refractivity contribution in [2.75, 3.05) is 50.0 Å². The molecule has 0 unspecified atom stereocenters. The van der Waals surface area contributed by atoms with Crippen LogP contribution < -0.4 is 10.6 Å². The van der Waals surface area contributed by atoms with Crippen molar-refractivity contribution in [1.29, 1.82) is 0 Å². The summed E-state index contributed by atoms with van der Waals surface area (Å²) in [5.74, 6) is 1.44. The van der Waals surface area contributed by atoms with Gasteiger partial charge in [-0.05, 0) is 29.2 Å². The molecule has 6 nitrogen and oxygen atoms in total. The highest BCUT2D eigenvalue weighted by Gasteiger charge is 2.13. The van der Waals surface area contributed by atoms with Crippen LogP contribution in [0.5, 0.6) is 0 Å². The lowest BCUT2D eigenvalue weighted by Crippen LogP contribution is -2.39. The zero-order valence-corrected chi connectivity index (χ0v) is 16.0. The van der Waals surface area contributed by atoms with Gasteiger partial charge < -0.3 is 15.4 Å². The summed E-state index contributed by atoms with van der Waals surface area (Å²) in [7, 11) is 0. The van der Waals surface area contributed by atoms with Crippen LogP contribution in [0.1, 0.15) is 26.3 Å². The minimum Gasteiger partial charge on any atom is -0.379 e. The van der Waals surface area contributed by atoms with Crippen LogP contribution in [0, 0.1) is 0 Å². The normalized spacial score (nSPS) is 15.7. The third kappa shape index (κ3) is 5.41. The van der Waals surface area contributed by atoms with Gasteiger partial charge in [-0.15, -0.1) is 0 Å². The quantitative estimate of drug-likeness (QED) is 0.829. The van der Waals surface area contributed by atoms with Gasteiger partial charge in [0.15, 0.2) is 0 Å². The van der Waals surface area contributed by atoms with Crippen LogP contribution in [-0.2, 0) is 10.2 Å². The lowest BCUT2D eigenvalue weighted by Gasteiger charge is -2.26. The molecule has 3 rings (SSSR count). The topological polar surface area (TPSA) is 62.3 Å². The van der Waals surface area contributed by atoms with E-state index in [1.54, 1.807) is 6.20 Å². The lowest BCUT2D eigenvalue weighted by molar-refractivity contribution is 0.0398. The van der Waals surface area contributed by atoms with Crippen molar-refractivity contribution in [3.8, 4) is 0 Å². The first kappa shape index (κ1) is 18.6. The third-order valence-electron chi connectivity index (χ3n) is 4.49. The van der Waals surface area contributed by atoms with Gasteiger partial charge in [0.2, 0.25) is 5.95 Å². The van der Waals surface area contributed by atoms with E-state index >= 15 is 0 Å². The average molecular weight is 355 g/mol. The van der Waals surface area contributed by atoms with Gasteiger partial charge in [-0.1, -0.05) is 32.9 Å². The highest BCUT2D eigenvalue weighted by Crippen LogP contribution is 2.24. The Morgan fingerprint density at radius 1 is 1.08 bits per heavy atom. The number of rotatable bonds is 6. The minimum absolute atomic E-state index is 0.158. The zero-order valence-electron chi connectivity index (χ0n) is 16.0. The highest BCUT2D eigenvalue weighted by molar-refractivity contribution is 5.57. The van der Waals surface area contributed by atoms with E-state index in [9.17, 15) is 0 Å². The first-order valence-corrected chi connectivity index (χ1v) is 9.25. The van der Waals surface area contributed by atoms with Crippen LogP contribution in [0.2, 0.25) is 0 Å². The molecule has 0 aliphatic carbocycles. The summed E-state index contributed by atoms with van der Waals surface area (Å²) < 4.78 is 5.37. The van der Waals surface area contributed by atoms with E-state index in [0.29, 0.717) is 5.95 Å². The largest absolute Gasteiger partial charge is 0.379 e. The fourth-order valence-corrected chi connectivity index (χ4v) is 2.87. The Hall–Kier alpha value is -2.18. The Kier molecular flexibility index (Phi) is 6.06. The van der Waals surface area contributed by atoms with Crippen LogP contribution in [0.4, 0.5) is 17.5 Å². The van der Waals surface area contributed by atoms with Gasteiger partial charge in [-0.3, -0.25) is 4.90 Å². The van der Waals surface area contributed by atoms with Crippen molar-refractivity contribution in [3.63, 3.8) is 0 Å². The molecule has 0 spiro atoms. The number of hydrogen-bond donors (Lipinski definition) is 2. The molecule has 1 aliphatic rings. The molecule has 2 aromatic rings. The van der Waals surface area contributed by atoms with Crippen molar-refractivity contribution in [2.24, 2.45) is 0 Å². The molecule has 1 aromatic carbocycles. The third-order valence-corrected chi connectivity index (χ3v) is 4.49. The highest BCUT2D eigenvalue weighted by atomic mass is 16.5. The van der Waals surface area contributed by atoms with Gasteiger partial charge in [0.05, 0.1) is 13.2 Å². The maximum absolute atomic E-state index is 5.37. The first-order valence-electron chi connectivity index (χ1n) is 9.25. The fraction of sp³-hybridized carbons (Fsp3) is 0.500. The fourth-order valence-electron chi connectivity index (χ4n) is 2.87. The molecular weight excluding hydrogens is 326 g/mol. The van der Waals surface area contributed by atoms with E-state index in [2.05, 4.69) is 70.5 Å². The van der Waals surface area contributed by atoms with Gasteiger partial charge in [0.25, 0.3) is 0 Å². The van der Waals surface area contributed by atoms with Gasteiger partial charge >= 0.3 is 0 Å². The summed E-state index contributed by atoms with van der Waals surface area (Å²) in [6.45, 7) is 12.1. The van der Waals surface area contributed by atoms with Crippen LogP contribution in [0.15, 0.2) is 36.5 Å². The van der Waals surface area contributed by atoms with Gasteiger partial charge in [-0.25, -0.2) is 4.98 Å². The van der Waals surface area contributed by atoms with Gasteiger partial charge in [0, 0.05) is 38.1 Å². The second kappa shape index (κ2) is 8.47. The molecule has 6 heteroatoms. The molecule has 0 atom stereocenters. The van der Waals surface area contributed by atoms with E-state index < -0.39 is 0 Å². The summed E-state index contributed by atoms with van der Waals surface area (Å²) in [5.41, 5.74) is 2.50. The lowest BCUT2D eigenvalue weighted by atomic mass is 9.87. The smallest absolute Gasteiger partial charge is 0.224 e. The molecule has 1 aliphatic heterocycles. The van der Waals surface area contributed by atoms with Crippen LogP contribution in [-0.4, -0.2) is 54.3 Å². The van der Waals surface area contributed by atoms with Crippen molar-refractivity contribution in [1.82, 2.24) is 14.9 Å². The number of ether oxygens (including phenoxy) is 1. The Morgan fingerprint density at radius 3 is 2.50 bits per heavy atom. The molecule has 0 bridgehead atoms. The second-order valence-corrected chi connectivity index (χ2v) is 7.60. The van der Waals surface area contributed by atoms with E-state index in [4.69, 9.17) is 4.74 Å². The molecule has 1 saturated heterocycles. The van der Waals surface area contributed by atoms with Gasteiger partial charge in [0.1, 0.15) is 5.82 Å². The molecule has 0 saturated carbocycles. The number of aromatic nitrogens is 2. The maximum atomic E-state index is 5.37. The molecule has 0 amide bonds. The van der Waals surface area contributed by atoms with Crippen LogP contribution in [0.25, 0.3) is 0 Å². The average Bonchev–Trinajstić information content (AvgIpc) is 2.63. The molecule has 26 heavy (non-hydrogen) atoms. The SMILES string of the molecule is CC(C)(C)c1ccc(Nc2ccnc(NCCN3CCOCC3)n2)cc1. The minimum atomic E-state index is 0.158. The van der Waals surface area contributed by atoms with E-state index in [1.165, 1.54) is 5.56 Å². The number of anilines is 3. The molecule has 1 fully saturated rings. The summed E-state index contributed by atoms with van der Waals surface area (Å²) in [5, 5.41) is 6.65. The number of morpholine rings is 1. The van der Waals surface area contributed by atoms with Crippen molar-refractivity contribution < 1.29 is 4.74 Å². The standard InChI is InChI=1S/C20H29N5O/c1-20(2,3)16-4-6-17(7-5-16)23-18-8-9-21-19(24-18)22-10-11-25-12-14-26-15-13-25/h4-9H,10-15H2,1-3H3,(H2,21,22,23,24). The van der Waals surface area contributed by atoms with Crippen LogP contribution >= 0.6 is 0 Å². The molecule has 2 heterocycles. The predicted octanol–water partition coefficient (Wildman–Crippen LogP) is 3.26. The van der Waals surface area contributed by atoms with Crippen molar-refractivity contribution >= 4 is 17.5 Å². The Bertz CT molecular complexity index is 690. The number of hydrogen-bond acceptors (Lipinski definition) is 6. The zero-order chi connectivity index (χ0) is 18.4. The molecule has 0 radical (unpaired) electrons. The molecular formula is C20H29N5O. The first-order chi connectivity index (χ1) is 12.5. The number of benzene rings is 1. The van der Waals surface area contributed by atoms with E-state index in [1.807, 2.05) is 6.07 Å². The van der Waals surface area contributed by atoms with Crippen molar-refractivity contribution in [2.45, 2.75) is 26.2 Å².